The molecule has 1 saturated carbocycles. The summed E-state index contributed by atoms with van der Waals surface area (Å²) in [4.78, 5) is 11.6. The second-order valence-electron chi connectivity index (χ2n) is 4.16. The Labute approximate surface area is 93.6 Å². The van der Waals surface area contributed by atoms with Crippen LogP contribution in [-0.2, 0) is 4.79 Å². The quantitative estimate of drug-likeness (QED) is 0.854. The van der Waals surface area contributed by atoms with Gasteiger partial charge in [-0.05, 0) is 24.5 Å². The lowest BCUT2D eigenvalue weighted by atomic mass is 10.2. The van der Waals surface area contributed by atoms with Crippen molar-refractivity contribution in [3.63, 3.8) is 0 Å². The molecule has 2 atom stereocenters. The SMILES string of the molecule is COc1cc(NC(=O)[C@H]2C[C@@H]2C)ccc1F. The summed E-state index contributed by atoms with van der Waals surface area (Å²) in [6, 6.07) is 4.30. The van der Waals surface area contributed by atoms with E-state index in [4.69, 9.17) is 4.74 Å². The van der Waals surface area contributed by atoms with E-state index >= 15 is 0 Å². The summed E-state index contributed by atoms with van der Waals surface area (Å²) >= 11 is 0. The number of anilines is 1. The summed E-state index contributed by atoms with van der Waals surface area (Å²) in [7, 11) is 1.40. The van der Waals surface area contributed by atoms with Crippen molar-refractivity contribution >= 4 is 11.6 Å². The number of hydrogen-bond donors (Lipinski definition) is 1. The molecule has 0 bridgehead atoms. The molecule has 0 saturated heterocycles. The van der Waals surface area contributed by atoms with E-state index in [0.717, 1.165) is 6.42 Å². The highest BCUT2D eigenvalue weighted by Crippen LogP contribution is 2.38. The van der Waals surface area contributed by atoms with Gasteiger partial charge in [-0.15, -0.1) is 0 Å². The number of halogens is 1. The molecule has 0 aromatic heterocycles. The number of rotatable bonds is 3. The Morgan fingerprint density at radius 1 is 1.56 bits per heavy atom. The van der Waals surface area contributed by atoms with Crippen molar-refractivity contribution in [2.24, 2.45) is 11.8 Å². The van der Waals surface area contributed by atoms with Crippen LogP contribution in [0.2, 0.25) is 0 Å². The smallest absolute Gasteiger partial charge is 0.227 e. The molecule has 1 amide bonds. The third kappa shape index (κ3) is 2.15. The maximum atomic E-state index is 13.1. The van der Waals surface area contributed by atoms with E-state index in [2.05, 4.69) is 5.32 Å². The average Bonchev–Trinajstić information content (AvgIpc) is 2.98. The third-order valence-corrected chi connectivity index (χ3v) is 2.86. The van der Waals surface area contributed by atoms with Crippen LogP contribution in [0.15, 0.2) is 18.2 Å². The number of carbonyl (C=O) groups excluding carboxylic acids is 1. The number of benzene rings is 1. The van der Waals surface area contributed by atoms with Crippen LogP contribution in [0.3, 0.4) is 0 Å². The van der Waals surface area contributed by atoms with Crippen molar-refractivity contribution in [2.45, 2.75) is 13.3 Å². The number of hydrogen-bond acceptors (Lipinski definition) is 2. The van der Waals surface area contributed by atoms with Gasteiger partial charge in [0.25, 0.3) is 0 Å². The van der Waals surface area contributed by atoms with E-state index in [1.54, 1.807) is 0 Å². The zero-order valence-corrected chi connectivity index (χ0v) is 9.29. The summed E-state index contributed by atoms with van der Waals surface area (Å²) in [5, 5.41) is 2.75. The lowest BCUT2D eigenvalue weighted by Crippen LogP contribution is -2.14. The fourth-order valence-electron chi connectivity index (χ4n) is 1.66. The van der Waals surface area contributed by atoms with Gasteiger partial charge in [-0.3, -0.25) is 4.79 Å². The third-order valence-electron chi connectivity index (χ3n) is 2.86. The van der Waals surface area contributed by atoms with Gasteiger partial charge in [0.15, 0.2) is 11.6 Å². The standard InChI is InChI=1S/C12H14FNO2/c1-7-5-9(7)12(15)14-8-3-4-10(13)11(6-8)16-2/h3-4,6-7,9H,5H2,1-2H3,(H,14,15)/t7-,9-/m0/s1. The van der Waals surface area contributed by atoms with E-state index in [0.29, 0.717) is 11.6 Å². The Morgan fingerprint density at radius 2 is 2.25 bits per heavy atom. The minimum absolute atomic E-state index is 0.00108. The molecule has 1 fully saturated rings. The van der Waals surface area contributed by atoms with Crippen molar-refractivity contribution in [3.8, 4) is 5.75 Å². The molecule has 3 nitrogen and oxygen atoms in total. The molecular formula is C12H14FNO2. The van der Waals surface area contributed by atoms with Crippen molar-refractivity contribution in [1.82, 2.24) is 0 Å². The Balaban J connectivity index is 2.07. The summed E-state index contributed by atoms with van der Waals surface area (Å²) in [6.45, 7) is 2.04. The lowest BCUT2D eigenvalue weighted by Gasteiger charge is -2.07. The van der Waals surface area contributed by atoms with Crippen LogP contribution in [0.25, 0.3) is 0 Å². The first-order valence-electron chi connectivity index (χ1n) is 5.26. The lowest BCUT2D eigenvalue weighted by molar-refractivity contribution is -0.117. The van der Waals surface area contributed by atoms with Gasteiger partial charge in [0.05, 0.1) is 7.11 Å². The molecule has 1 aliphatic rings. The fourth-order valence-corrected chi connectivity index (χ4v) is 1.66. The summed E-state index contributed by atoms with van der Waals surface area (Å²) in [6.07, 6.45) is 0.935. The highest BCUT2D eigenvalue weighted by Gasteiger charge is 2.39. The first-order valence-corrected chi connectivity index (χ1v) is 5.26. The van der Waals surface area contributed by atoms with E-state index in [-0.39, 0.29) is 17.6 Å². The highest BCUT2D eigenvalue weighted by atomic mass is 19.1. The fraction of sp³-hybridized carbons (Fsp3) is 0.417. The maximum absolute atomic E-state index is 13.1. The average molecular weight is 223 g/mol. The zero-order valence-electron chi connectivity index (χ0n) is 9.29. The Bertz CT molecular complexity index is 419. The van der Waals surface area contributed by atoms with Gasteiger partial charge in [-0.2, -0.15) is 0 Å². The first-order chi connectivity index (χ1) is 7.61. The normalized spacial score (nSPS) is 22.7. The molecule has 1 N–H and O–H groups in total. The summed E-state index contributed by atoms with van der Waals surface area (Å²) in [5.74, 6) is 0.279. The Morgan fingerprint density at radius 3 is 2.81 bits per heavy atom. The Kier molecular flexibility index (Phi) is 2.81. The van der Waals surface area contributed by atoms with Crippen LogP contribution in [0.1, 0.15) is 13.3 Å². The topological polar surface area (TPSA) is 38.3 Å². The van der Waals surface area contributed by atoms with Crippen LogP contribution in [0, 0.1) is 17.7 Å². The molecule has 1 aromatic carbocycles. The molecule has 4 heteroatoms. The molecule has 0 spiro atoms. The Hall–Kier alpha value is -1.58. The minimum Gasteiger partial charge on any atom is -0.494 e. The van der Waals surface area contributed by atoms with Gasteiger partial charge in [0, 0.05) is 17.7 Å². The van der Waals surface area contributed by atoms with Crippen LogP contribution in [0.5, 0.6) is 5.75 Å². The zero-order chi connectivity index (χ0) is 11.7. The molecule has 16 heavy (non-hydrogen) atoms. The first kappa shape index (κ1) is 10.9. The predicted octanol–water partition coefficient (Wildman–Crippen LogP) is 2.43. The van der Waals surface area contributed by atoms with Crippen molar-refractivity contribution < 1.29 is 13.9 Å². The van der Waals surface area contributed by atoms with Crippen LogP contribution in [-0.4, -0.2) is 13.0 Å². The van der Waals surface area contributed by atoms with Gasteiger partial charge in [-0.25, -0.2) is 4.39 Å². The number of methoxy groups -OCH3 is 1. The van der Waals surface area contributed by atoms with Crippen molar-refractivity contribution in [1.29, 1.82) is 0 Å². The van der Waals surface area contributed by atoms with Crippen LogP contribution in [0.4, 0.5) is 10.1 Å². The molecule has 1 aromatic rings. The molecule has 0 heterocycles. The predicted molar refractivity (Wildman–Crippen MR) is 58.9 cm³/mol. The number of carbonyl (C=O) groups is 1. The highest BCUT2D eigenvalue weighted by molar-refractivity contribution is 5.94. The largest absolute Gasteiger partial charge is 0.494 e. The van der Waals surface area contributed by atoms with E-state index in [1.165, 1.54) is 25.3 Å². The molecule has 0 unspecified atom stereocenters. The minimum atomic E-state index is -0.430. The molecule has 1 aliphatic carbocycles. The van der Waals surface area contributed by atoms with Crippen LogP contribution >= 0.6 is 0 Å². The number of nitrogens with one attached hydrogen (secondary N) is 1. The molecule has 0 radical (unpaired) electrons. The van der Waals surface area contributed by atoms with Crippen LogP contribution < -0.4 is 10.1 Å². The second-order valence-corrected chi connectivity index (χ2v) is 4.16. The van der Waals surface area contributed by atoms with Gasteiger partial charge in [0.1, 0.15) is 0 Å². The van der Waals surface area contributed by atoms with E-state index < -0.39 is 5.82 Å². The van der Waals surface area contributed by atoms with E-state index in [1.807, 2.05) is 6.92 Å². The van der Waals surface area contributed by atoms with Gasteiger partial charge in [0.2, 0.25) is 5.91 Å². The second kappa shape index (κ2) is 4.12. The van der Waals surface area contributed by atoms with Gasteiger partial charge < -0.3 is 10.1 Å². The number of amides is 1. The van der Waals surface area contributed by atoms with Gasteiger partial charge >= 0.3 is 0 Å². The summed E-state index contributed by atoms with van der Waals surface area (Å²) in [5.41, 5.74) is 0.572. The monoisotopic (exact) mass is 223 g/mol. The molecule has 86 valence electrons. The molecule has 2 rings (SSSR count). The molecular weight excluding hydrogens is 209 g/mol. The van der Waals surface area contributed by atoms with Gasteiger partial charge in [-0.1, -0.05) is 6.92 Å². The number of ether oxygens (including phenoxy) is 1. The van der Waals surface area contributed by atoms with E-state index in [9.17, 15) is 9.18 Å². The summed E-state index contributed by atoms with van der Waals surface area (Å²) < 4.78 is 17.9. The maximum Gasteiger partial charge on any atom is 0.227 e. The van der Waals surface area contributed by atoms with Crippen molar-refractivity contribution in [3.05, 3.63) is 24.0 Å². The molecule has 0 aliphatic heterocycles. The van der Waals surface area contributed by atoms with Crippen molar-refractivity contribution in [2.75, 3.05) is 12.4 Å².